The third-order valence-corrected chi connectivity index (χ3v) is 3.91. The van der Waals surface area contributed by atoms with E-state index in [0.717, 1.165) is 55.1 Å². The van der Waals surface area contributed by atoms with Gasteiger partial charge in [0.25, 0.3) is 0 Å². The molecule has 2 N–H and O–H groups in total. The molecule has 0 amide bonds. The lowest BCUT2D eigenvalue weighted by Gasteiger charge is -2.20. The summed E-state index contributed by atoms with van der Waals surface area (Å²) in [5.41, 5.74) is 1.10. The molecule has 0 bridgehead atoms. The predicted molar refractivity (Wildman–Crippen MR) is 84.5 cm³/mol. The molecule has 0 atom stereocenters. The van der Waals surface area contributed by atoms with Gasteiger partial charge < -0.3 is 10.6 Å². The van der Waals surface area contributed by atoms with Gasteiger partial charge in [0.15, 0.2) is 0 Å². The Balaban J connectivity index is 1.97. The Labute approximate surface area is 122 Å². The molecule has 2 rings (SSSR count). The fourth-order valence-electron chi connectivity index (χ4n) is 2.49. The number of rotatable bonds is 8. The van der Waals surface area contributed by atoms with Crippen LogP contribution in [0.4, 0.5) is 11.6 Å². The maximum Gasteiger partial charge on any atom is 0.134 e. The molecule has 5 nitrogen and oxygen atoms in total. The van der Waals surface area contributed by atoms with Gasteiger partial charge in [0.1, 0.15) is 17.5 Å². The standard InChI is InChI=1S/C15H27N5/c1-5-13-18-14(16-4)11(3)15(19-13)17-9-10-20(6-2)12-7-8-12/h12H,5-10H2,1-4H3,(H2,16,17,18,19). The number of nitrogens with one attached hydrogen (secondary N) is 2. The minimum absolute atomic E-state index is 0.826. The molecule has 1 fully saturated rings. The second-order valence-electron chi connectivity index (χ2n) is 5.35. The zero-order valence-corrected chi connectivity index (χ0v) is 13.2. The Kier molecular flexibility index (Phi) is 5.17. The molecular formula is C15H27N5. The van der Waals surface area contributed by atoms with Crippen molar-refractivity contribution in [2.24, 2.45) is 0 Å². The first-order chi connectivity index (χ1) is 9.69. The molecule has 0 saturated heterocycles. The van der Waals surface area contributed by atoms with Crippen LogP contribution in [-0.4, -0.2) is 47.6 Å². The minimum atomic E-state index is 0.826. The summed E-state index contributed by atoms with van der Waals surface area (Å²) in [7, 11) is 1.91. The maximum atomic E-state index is 4.60. The van der Waals surface area contributed by atoms with Crippen LogP contribution < -0.4 is 10.6 Å². The predicted octanol–water partition coefficient (Wildman–Crippen LogP) is 2.29. The average Bonchev–Trinajstić information content (AvgIpc) is 3.29. The lowest BCUT2D eigenvalue weighted by Crippen LogP contribution is -2.31. The molecule has 1 aromatic rings. The molecule has 0 unspecified atom stereocenters. The summed E-state index contributed by atoms with van der Waals surface area (Å²) >= 11 is 0. The van der Waals surface area contributed by atoms with E-state index in [4.69, 9.17) is 0 Å². The Morgan fingerprint density at radius 2 is 1.90 bits per heavy atom. The van der Waals surface area contributed by atoms with Crippen molar-refractivity contribution in [3.63, 3.8) is 0 Å². The first-order valence-electron chi connectivity index (χ1n) is 7.72. The van der Waals surface area contributed by atoms with E-state index in [2.05, 4.69) is 46.3 Å². The lowest BCUT2D eigenvalue weighted by atomic mass is 10.3. The molecule has 0 aliphatic heterocycles. The van der Waals surface area contributed by atoms with E-state index >= 15 is 0 Å². The molecule has 0 radical (unpaired) electrons. The van der Waals surface area contributed by atoms with Crippen LogP contribution >= 0.6 is 0 Å². The summed E-state index contributed by atoms with van der Waals surface area (Å²) in [6.07, 6.45) is 3.58. The van der Waals surface area contributed by atoms with Crippen LogP contribution in [0.3, 0.4) is 0 Å². The van der Waals surface area contributed by atoms with Crippen molar-refractivity contribution >= 4 is 11.6 Å². The van der Waals surface area contributed by atoms with Gasteiger partial charge in [-0.25, -0.2) is 9.97 Å². The SMILES string of the molecule is CCc1nc(NC)c(C)c(NCCN(CC)C2CC2)n1. The molecule has 0 spiro atoms. The van der Waals surface area contributed by atoms with Gasteiger partial charge >= 0.3 is 0 Å². The van der Waals surface area contributed by atoms with E-state index in [9.17, 15) is 0 Å². The Morgan fingerprint density at radius 1 is 1.20 bits per heavy atom. The number of hydrogen-bond donors (Lipinski definition) is 2. The number of nitrogens with zero attached hydrogens (tertiary/aromatic N) is 3. The third-order valence-electron chi connectivity index (χ3n) is 3.91. The van der Waals surface area contributed by atoms with Crippen LogP contribution in [0.2, 0.25) is 0 Å². The smallest absolute Gasteiger partial charge is 0.134 e. The Morgan fingerprint density at radius 3 is 2.45 bits per heavy atom. The average molecular weight is 277 g/mol. The van der Waals surface area contributed by atoms with Gasteiger partial charge in [0.05, 0.1) is 0 Å². The van der Waals surface area contributed by atoms with Crippen molar-refractivity contribution in [3.8, 4) is 0 Å². The van der Waals surface area contributed by atoms with Gasteiger partial charge in [-0.1, -0.05) is 13.8 Å². The van der Waals surface area contributed by atoms with Crippen LogP contribution in [0.25, 0.3) is 0 Å². The second kappa shape index (κ2) is 6.88. The zero-order valence-electron chi connectivity index (χ0n) is 13.2. The molecule has 0 aromatic carbocycles. The summed E-state index contributed by atoms with van der Waals surface area (Å²) in [5.74, 6) is 2.78. The van der Waals surface area contributed by atoms with Gasteiger partial charge in [0.2, 0.25) is 0 Å². The maximum absolute atomic E-state index is 4.60. The fraction of sp³-hybridized carbons (Fsp3) is 0.733. The zero-order chi connectivity index (χ0) is 14.5. The molecule has 20 heavy (non-hydrogen) atoms. The first-order valence-corrected chi connectivity index (χ1v) is 7.72. The van der Waals surface area contributed by atoms with E-state index in [-0.39, 0.29) is 0 Å². The molecule has 1 saturated carbocycles. The van der Waals surface area contributed by atoms with Gasteiger partial charge in [-0.3, -0.25) is 4.90 Å². The van der Waals surface area contributed by atoms with Crippen LogP contribution in [0.1, 0.15) is 38.1 Å². The quantitative estimate of drug-likeness (QED) is 0.763. The summed E-state index contributed by atoms with van der Waals surface area (Å²) in [6, 6.07) is 0.826. The highest BCUT2D eigenvalue weighted by Crippen LogP contribution is 2.26. The highest BCUT2D eigenvalue weighted by molar-refractivity contribution is 5.56. The first kappa shape index (κ1) is 15.0. The monoisotopic (exact) mass is 277 g/mol. The van der Waals surface area contributed by atoms with Crippen molar-refractivity contribution in [1.29, 1.82) is 0 Å². The van der Waals surface area contributed by atoms with Crippen LogP contribution in [-0.2, 0) is 6.42 Å². The van der Waals surface area contributed by atoms with Crippen molar-refractivity contribution in [3.05, 3.63) is 11.4 Å². The highest BCUT2D eigenvalue weighted by Gasteiger charge is 2.27. The molecule has 1 aliphatic rings. The number of aromatic nitrogens is 2. The van der Waals surface area contributed by atoms with E-state index in [1.165, 1.54) is 12.8 Å². The van der Waals surface area contributed by atoms with Gasteiger partial charge in [-0.2, -0.15) is 0 Å². The number of aryl methyl sites for hydroxylation is 1. The summed E-state index contributed by atoms with van der Waals surface area (Å²) < 4.78 is 0. The van der Waals surface area contributed by atoms with Crippen molar-refractivity contribution < 1.29 is 0 Å². The number of likely N-dealkylation sites (N-methyl/N-ethyl adjacent to an activating group) is 1. The van der Waals surface area contributed by atoms with Crippen molar-refractivity contribution in [2.45, 2.75) is 46.1 Å². The fourth-order valence-corrected chi connectivity index (χ4v) is 2.49. The minimum Gasteiger partial charge on any atom is -0.373 e. The van der Waals surface area contributed by atoms with Crippen LogP contribution in [0, 0.1) is 6.92 Å². The number of anilines is 2. The topological polar surface area (TPSA) is 53.1 Å². The van der Waals surface area contributed by atoms with E-state index in [0.29, 0.717) is 0 Å². The van der Waals surface area contributed by atoms with Crippen LogP contribution in [0.5, 0.6) is 0 Å². The van der Waals surface area contributed by atoms with E-state index in [1.54, 1.807) is 0 Å². The lowest BCUT2D eigenvalue weighted by molar-refractivity contribution is 0.289. The van der Waals surface area contributed by atoms with Gasteiger partial charge in [0, 0.05) is 38.2 Å². The van der Waals surface area contributed by atoms with Gasteiger partial charge in [-0.15, -0.1) is 0 Å². The number of hydrogen-bond acceptors (Lipinski definition) is 5. The normalized spacial score (nSPS) is 14.7. The Bertz CT molecular complexity index is 442. The molecular weight excluding hydrogens is 250 g/mol. The molecule has 5 heteroatoms. The molecule has 1 heterocycles. The second-order valence-corrected chi connectivity index (χ2v) is 5.35. The van der Waals surface area contributed by atoms with Crippen molar-refractivity contribution in [1.82, 2.24) is 14.9 Å². The summed E-state index contributed by atoms with van der Waals surface area (Å²) in [5, 5.41) is 6.62. The summed E-state index contributed by atoms with van der Waals surface area (Å²) in [6.45, 7) is 9.54. The van der Waals surface area contributed by atoms with Crippen LogP contribution in [0.15, 0.2) is 0 Å². The van der Waals surface area contributed by atoms with Gasteiger partial charge in [-0.05, 0) is 26.3 Å². The van der Waals surface area contributed by atoms with Crippen molar-refractivity contribution in [2.75, 3.05) is 37.3 Å². The molecule has 112 valence electrons. The summed E-state index contributed by atoms with van der Waals surface area (Å²) in [4.78, 5) is 11.6. The highest BCUT2D eigenvalue weighted by atomic mass is 15.2. The van der Waals surface area contributed by atoms with E-state index < -0.39 is 0 Å². The largest absolute Gasteiger partial charge is 0.373 e. The third kappa shape index (κ3) is 3.60. The Hall–Kier alpha value is -1.36. The molecule has 1 aromatic heterocycles. The van der Waals surface area contributed by atoms with E-state index in [1.807, 2.05) is 7.05 Å². The molecule has 1 aliphatic carbocycles.